The number of pyridine rings is 1. The Morgan fingerprint density at radius 3 is 2.16 bits per heavy atom. The molecule has 0 bridgehead atoms. The summed E-state index contributed by atoms with van der Waals surface area (Å²) < 4.78 is 5.58. The largest absolute Gasteiger partial charge is 0.484 e. The number of carbonyl (C=O) groups is 2. The van der Waals surface area contributed by atoms with E-state index in [9.17, 15) is 9.59 Å². The standard InChI is InChI=1S/C26H27N3O3/c27-25(31)26(18-20-6-8-21(9-7-20)22-10-14-28-15-11-22)12-16-29(17-13-26)24(30)19-32-23-4-2-1-3-5-23/h1-11,14-15H,12-13,16-19H2,(H2,27,31). The first-order chi connectivity index (χ1) is 15.6. The zero-order valence-corrected chi connectivity index (χ0v) is 17.9. The van der Waals surface area contributed by atoms with Gasteiger partial charge in [0.15, 0.2) is 6.61 Å². The molecule has 0 unspecified atom stereocenters. The zero-order chi connectivity index (χ0) is 22.4. The van der Waals surface area contributed by atoms with Crippen LogP contribution in [0.25, 0.3) is 11.1 Å². The predicted molar refractivity (Wildman–Crippen MR) is 123 cm³/mol. The van der Waals surface area contributed by atoms with Crippen molar-refractivity contribution in [3.8, 4) is 16.9 Å². The molecule has 4 rings (SSSR count). The van der Waals surface area contributed by atoms with Crippen LogP contribution in [0.4, 0.5) is 0 Å². The Morgan fingerprint density at radius 1 is 0.906 bits per heavy atom. The summed E-state index contributed by atoms with van der Waals surface area (Å²) in [6.45, 7) is 0.980. The van der Waals surface area contributed by atoms with Gasteiger partial charge in [-0.15, -0.1) is 0 Å². The van der Waals surface area contributed by atoms with E-state index in [1.54, 1.807) is 17.3 Å². The molecular weight excluding hydrogens is 402 g/mol. The highest BCUT2D eigenvalue weighted by Gasteiger charge is 2.41. The molecule has 2 N–H and O–H groups in total. The topological polar surface area (TPSA) is 85.5 Å². The minimum absolute atomic E-state index is 0.00987. The fourth-order valence-corrected chi connectivity index (χ4v) is 4.20. The van der Waals surface area contributed by atoms with Crippen molar-refractivity contribution in [2.24, 2.45) is 11.1 Å². The summed E-state index contributed by atoms with van der Waals surface area (Å²) in [5.41, 5.74) is 8.47. The average molecular weight is 430 g/mol. The normalized spacial score (nSPS) is 15.2. The molecule has 2 heterocycles. The van der Waals surface area contributed by atoms with Crippen molar-refractivity contribution in [1.82, 2.24) is 9.88 Å². The molecule has 2 amide bonds. The fraction of sp³-hybridized carbons (Fsp3) is 0.269. The Balaban J connectivity index is 1.36. The van der Waals surface area contributed by atoms with Gasteiger partial charge in [0.2, 0.25) is 5.91 Å². The van der Waals surface area contributed by atoms with Crippen LogP contribution in [0, 0.1) is 5.41 Å². The van der Waals surface area contributed by atoms with Crippen molar-refractivity contribution in [3.63, 3.8) is 0 Å². The lowest BCUT2D eigenvalue weighted by molar-refractivity contribution is -0.140. The monoisotopic (exact) mass is 429 g/mol. The van der Waals surface area contributed by atoms with E-state index >= 15 is 0 Å². The summed E-state index contributed by atoms with van der Waals surface area (Å²) >= 11 is 0. The molecule has 32 heavy (non-hydrogen) atoms. The first-order valence-corrected chi connectivity index (χ1v) is 10.8. The van der Waals surface area contributed by atoms with E-state index in [4.69, 9.17) is 10.5 Å². The molecule has 0 saturated carbocycles. The van der Waals surface area contributed by atoms with Crippen LogP contribution in [0.1, 0.15) is 18.4 Å². The Hall–Kier alpha value is -3.67. The van der Waals surface area contributed by atoms with Gasteiger partial charge in [-0.05, 0) is 60.2 Å². The van der Waals surface area contributed by atoms with Crippen LogP contribution in [-0.2, 0) is 16.0 Å². The van der Waals surface area contributed by atoms with Gasteiger partial charge in [0.05, 0.1) is 5.41 Å². The number of nitrogens with zero attached hydrogens (tertiary/aromatic N) is 2. The van der Waals surface area contributed by atoms with Crippen LogP contribution in [0.5, 0.6) is 5.75 Å². The third-order valence-corrected chi connectivity index (χ3v) is 6.21. The van der Waals surface area contributed by atoms with Crippen molar-refractivity contribution in [1.29, 1.82) is 0 Å². The van der Waals surface area contributed by atoms with Crippen LogP contribution in [0.2, 0.25) is 0 Å². The molecule has 1 aliphatic heterocycles. The zero-order valence-electron chi connectivity index (χ0n) is 17.9. The van der Waals surface area contributed by atoms with E-state index in [0.717, 1.165) is 16.7 Å². The maximum absolute atomic E-state index is 12.6. The van der Waals surface area contributed by atoms with Crippen LogP contribution in [0.15, 0.2) is 79.1 Å². The number of nitrogens with two attached hydrogens (primary N) is 1. The number of para-hydroxylation sites is 1. The van der Waals surface area contributed by atoms with Crippen molar-refractivity contribution >= 4 is 11.8 Å². The molecule has 1 aromatic heterocycles. The molecule has 0 radical (unpaired) electrons. The van der Waals surface area contributed by atoms with E-state index in [1.807, 2.05) is 54.6 Å². The fourth-order valence-electron chi connectivity index (χ4n) is 4.20. The van der Waals surface area contributed by atoms with E-state index < -0.39 is 5.41 Å². The third-order valence-electron chi connectivity index (χ3n) is 6.21. The Labute approximate surface area is 188 Å². The molecule has 6 heteroatoms. The summed E-state index contributed by atoms with van der Waals surface area (Å²) in [5.74, 6) is 0.288. The minimum atomic E-state index is -0.644. The summed E-state index contributed by atoms with van der Waals surface area (Å²) in [4.78, 5) is 30.8. The lowest BCUT2D eigenvalue weighted by Crippen LogP contribution is -2.50. The molecule has 6 nitrogen and oxygen atoms in total. The average Bonchev–Trinajstić information content (AvgIpc) is 2.84. The van der Waals surface area contributed by atoms with Gasteiger partial charge < -0.3 is 15.4 Å². The molecule has 0 atom stereocenters. The molecule has 2 aromatic carbocycles. The van der Waals surface area contributed by atoms with Gasteiger partial charge in [-0.1, -0.05) is 42.5 Å². The van der Waals surface area contributed by atoms with Gasteiger partial charge in [0.25, 0.3) is 5.91 Å². The highest BCUT2D eigenvalue weighted by molar-refractivity contribution is 5.82. The van der Waals surface area contributed by atoms with E-state index in [1.165, 1.54) is 0 Å². The number of piperidine rings is 1. The number of hydrogen-bond acceptors (Lipinski definition) is 4. The number of hydrogen-bond donors (Lipinski definition) is 1. The van der Waals surface area contributed by atoms with Crippen molar-refractivity contribution < 1.29 is 14.3 Å². The van der Waals surface area contributed by atoms with E-state index in [0.29, 0.717) is 38.1 Å². The molecule has 1 aliphatic rings. The number of aromatic nitrogens is 1. The van der Waals surface area contributed by atoms with Gasteiger partial charge in [-0.3, -0.25) is 14.6 Å². The SMILES string of the molecule is NC(=O)C1(Cc2ccc(-c3ccncc3)cc2)CCN(C(=O)COc2ccccc2)CC1. The maximum Gasteiger partial charge on any atom is 0.260 e. The summed E-state index contributed by atoms with van der Waals surface area (Å²) in [6.07, 6.45) is 5.20. The lowest BCUT2D eigenvalue weighted by atomic mass is 9.73. The van der Waals surface area contributed by atoms with Crippen LogP contribution in [-0.4, -0.2) is 41.4 Å². The van der Waals surface area contributed by atoms with Gasteiger partial charge in [0.1, 0.15) is 5.75 Å². The Bertz CT molecular complexity index is 1040. The van der Waals surface area contributed by atoms with Gasteiger partial charge in [-0.2, -0.15) is 0 Å². The molecular formula is C26H27N3O3. The number of carbonyl (C=O) groups excluding carboxylic acids is 2. The number of likely N-dealkylation sites (tertiary alicyclic amines) is 1. The number of ether oxygens (including phenoxy) is 1. The number of rotatable bonds is 7. The molecule has 3 aromatic rings. The number of amides is 2. The summed E-state index contributed by atoms with van der Waals surface area (Å²) in [6, 6.07) is 21.4. The van der Waals surface area contributed by atoms with Gasteiger partial charge in [-0.25, -0.2) is 0 Å². The summed E-state index contributed by atoms with van der Waals surface area (Å²) in [7, 11) is 0. The van der Waals surface area contributed by atoms with E-state index in [2.05, 4.69) is 17.1 Å². The highest BCUT2D eigenvalue weighted by atomic mass is 16.5. The molecule has 0 spiro atoms. The number of primary amides is 1. The molecule has 0 aliphatic carbocycles. The van der Waals surface area contributed by atoms with Crippen molar-refractivity contribution in [2.75, 3.05) is 19.7 Å². The van der Waals surface area contributed by atoms with Crippen LogP contribution >= 0.6 is 0 Å². The molecule has 1 saturated heterocycles. The Morgan fingerprint density at radius 2 is 1.53 bits per heavy atom. The summed E-state index contributed by atoms with van der Waals surface area (Å²) in [5, 5.41) is 0. The predicted octanol–water partition coefficient (Wildman–Crippen LogP) is 3.46. The quantitative estimate of drug-likeness (QED) is 0.623. The third kappa shape index (κ3) is 4.97. The Kier molecular flexibility index (Phi) is 6.50. The second-order valence-corrected chi connectivity index (χ2v) is 8.24. The first kappa shape index (κ1) is 21.6. The van der Waals surface area contributed by atoms with Crippen LogP contribution < -0.4 is 10.5 Å². The van der Waals surface area contributed by atoms with Gasteiger partial charge in [0, 0.05) is 25.5 Å². The van der Waals surface area contributed by atoms with Crippen molar-refractivity contribution in [3.05, 3.63) is 84.7 Å². The highest BCUT2D eigenvalue weighted by Crippen LogP contribution is 2.35. The first-order valence-electron chi connectivity index (χ1n) is 10.8. The van der Waals surface area contributed by atoms with Gasteiger partial charge >= 0.3 is 0 Å². The second kappa shape index (κ2) is 9.64. The maximum atomic E-state index is 12.6. The minimum Gasteiger partial charge on any atom is -0.484 e. The smallest absolute Gasteiger partial charge is 0.260 e. The van der Waals surface area contributed by atoms with E-state index in [-0.39, 0.29) is 18.4 Å². The number of benzene rings is 2. The van der Waals surface area contributed by atoms with Crippen LogP contribution in [0.3, 0.4) is 0 Å². The molecule has 164 valence electrons. The van der Waals surface area contributed by atoms with Crippen molar-refractivity contribution in [2.45, 2.75) is 19.3 Å². The second-order valence-electron chi connectivity index (χ2n) is 8.24. The lowest BCUT2D eigenvalue weighted by Gasteiger charge is -2.39. The molecule has 1 fully saturated rings.